The van der Waals surface area contributed by atoms with Gasteiger partial charge in [0.15, 0.2) is 0 Å². The minimum absolute atomic E-state index is 0.207. The van der Waals surface area contributed by atoms with Gasteiger partial charge in [-0.25, -0.2) is 0 Å². The first-order chi connectivity index (χ1) is 40.6. The molecule has 8 rings (SSSR count). The first-order valence-electron chi connectivity index (χ1n) is 27.9. The molecule has 0 N–H and O–H groups in total. The van der Waals surface area contributed by atoms with Gasteiger partial charge in [0.25, 0.3) is 0 Å². The van der Waals surface area contributed by atoms with Gasteiger partial charge >= 0.3 is 0 Å². The molecule has 8 aromatic carbocycles. The largest absolute Gasteiger partial charge is 0.240 e. The molecular formula is C70H82B2P6S2. The van der Waals surface area contributed by atoms with Crippen LogP contribution in [0.2, 0.25) is 0 Å². The van der Waals surface area contributed by atoms with Crippen LogP contribution in [0.5, 0.6) is 0 Å². The zero-order valence-electron chi connectivity index (χ0n) is 50.4. The first-order valence-corrected chi connectivity index (χ1v) is 36.6. The second kappa shape index (κ2) is 45.7. The van der Waals surface area contributed by atoms with Gasteiger partial charge in [-0.1, -0.05) is 364 Å². The van der Waals surface area contributed by atoms with E-state index in [4.69, 9.17) is 3.84 Å². The van der Waals surface area contributed by atoms with Gasteiger partial charge in [-0.2, -0.15) is 24.5 Å². The Morgan fingerprint density at radius 2 is 0.525 bits per heavy atom. The average Bonchev–Trinajstić information content (AvgIpc) is 3.76. The van der Waals surface area contributed by atoms with E-state index in [0.29, 0.717) is 7.47 Å². The van der Waals surface area contributed by atoms with Crippen molar-refractivity contribution in [3.8, 4) is 0 Å². The summed E-state index contributed by atoms with van der Waals surface area (Å²) in [7, 11) is -1.08. The molecule has 410 valence electrons. The van der Waals surface area contributed by atoms with Crippen molar-refractivity contribution in [2.45, 2.75) is 41.5 Å². The standard InChI is InChI=1S/2C18H15P.2C16H19B.C2H6.2H4P2S/c2*1-4-10-16(11-5-1)19(17-12-6-2-7-13-17)18-14-8-3-9-15-18;2*1-5-14(6-2)17(15(7-3)8-4)16-12-10-9-11-13-16;1-2;2*1-2-3/h2*1-15H;2*5-13H,1,3H2,2,4H3;1-2H3;2*2-3H,1H2/b;;2*14-6+,15-8+;;;/i;;;;;1T2;1T. The van der Waals surface area contributed by atoms with Crippen LogP contribution in [0.3, 0.4) is 0 Å². The normalized spacial score (nSPS) is 11.7. The number of thiol groups is 2. The fourth-order valence-corrected chi connectivity index (χ4v) is 13.0. The summed E-state index contributed by atoms with van der Waals surface area (Å²) in [6.45, 7) is 28.3. The summed E-state index contributed by atoms with van der Waals surface area (Å²) in [5, 5.41) is 8.39. The topological polar surface area (TPSA) is 0 Å². The molecule has 3 atom stereocenters. The van der Waals surface area contributed by atoms with Crippen molar-refractivity contribution in [2.24, 2.45) is 0 Å². The van der Waals surface area contributed by atoms with Gasteiger partial charge in [0.05, 0.1) is 3.84 Å². The molecule has 0 aliphatic carbocycles. The Bertz CT molecular complexity index is 2650. The maximum absolute atomic E-state index is 6.49. The minimum atomic E-state index is -1.21. The Kier molecular flexibility index (Phi) is 37.6. The Balaban J connectivity index is 0.000000356. The summed E-state index contributed by atoms with van der Waals surface area (Å²) in [6, 6.07) is 85.6. The molecule has 0 radical (unpaired) electrons. The first kappa shape index (κ1) is 65.9. The second-order valence-electron chi connectivity index (χ2n) is 16.6. The van der Waals surface area contributed by atoms with E-state index >= 15 is 0 Å². The molecule has 0 spiro atoms. The third-order valence-corrected chi connectivity index (χ3v) is 16.8. The lowest BCUT2D eigenvalue weighted by molar-refractivity contribution is 1.50. The predicted octanol–water partition coefficient (Wildman–Crippen LogP) is 18.0. The van der Waals surface area contributed by atoms with E-state index in [2.05, 4.69) is 306 Å². The van der Waals surface area contributed by atoms with Gasteiger partial charge < -0.3 is 0 Å². The van der Waals surface area contributed by atoms with E-state index in [1.807, 2.05) is 78.0 Å². The summed E-state index contributed by atoms with van der Waals surface area (Å²) >= 11 is 7.47. The minimum Gasteiger partial charge on any atom is -0.150 e. The van der Waals surface area contributed by atoms with Crippen molar-refractivity contribution in [2.75, 3.05) is 0 Å². The van der Waals surface area contributed by atoms with E-state index in [1.165, 1.54) is 64.6 Å². The molecule has 0 saturated heterocycles. The van der Waals surface area contributed by atoms with Gasteiger partial charge in [0, 0.05) is 0 Å². The van der Waals surface area contributed by atoms with Crippen LogP contribution in [0.4, 0.5) is 0 Å². The lowest BCUT2D eigenvalue weighted by Gasteiger charge is -2.18. The number of allylic oxidation sites excluding steroid dienone is 12. The lowest BCUT2D eigenvalue weighted by atomic mass is 9.35. The van der Waals surface area contributed by atoms with Gasteiger partial charge in [-0.3, -0.25) is 0 Å². The molecular weight excluding hydrogens is 1110 g/mol. The predicted molar refractivity (Wildman–Crippen MR) is 395 cm³/mol. The number of benzene rings is 8. The van der Waals surface area contributed by atoms with E-state index in [0.717, 1.165) is 0 Å². The fraction of sp³-hybridized carbons (Fsp3) is 0.0857. The molecule has 3 unspecified atom stereocenters. The van der Waals surface area contributed by atoms with Gasteiger partial charge in [0.1, 0.15) is 0 Å². The molecule has 80 heavy (non-hydrogen) atoms. The Hall–Kier alpha value is -4.91. The van der Waals surface area contributed by atoms with E-state index in [-0.39, 0.29) is 29.8 Å². The molecule has 0 aliphatic heterocycles. The molecule has 0 saturated carbocycles. The highest BCUT2D eigenvalue weighted by Gasteiger charge is 2.23. The van der Waals surface area contributed by atoms with E-state index in [9.17, 15) is 0 Å². The number of hydrogen-bond acceptors (Lipinski definition) is 2. The molecule has 10 heteroatoms. The average molecular weight is 1200 g/mol. The molecule has 0 aliphatic rings. The van der Waals surface area contributed by atoms with Crippen LogP contribution < -0.4 is 42.8 Å². The van der Waals surface area contributed by atoms with Crippen LogP contribution in [0.15, 0.2) is 339 Å². The van der Waals surface area contributed by atoms with E-state index < -0.39 is 24.7 Å². The summed E-state index contributed by atoms with van der Waals surface area (Å²) in [5.74, 6) is 0. The Morgan fingerprint density at radius 3 is 0.650 bits per heavy atom. The van der Waals surface area contributed by atoms with Crippen molar-refractivity contribution in [1.29, 1.82) is 3.84 Å². The van der Waals surface area contributed by atoms with Crippen LogP contribution in [-0.4, -0.2) is 17.3 Å². The monoisotopic (exact) mass is 1200 g/mol. The molecule has 0 aromatic heterocycles. The van der Waals surface area contributed by atoms with Crippen molar-refractivity contribution >= 4 is 129 Å². The second-order valence-corrected chi connectivity index (χ2v) is 26.5. The molecule has 8 aromatic rings. The third kappa shape index (κ3) is 25.1. The van der Waals surface area contributed by atoms with Gasteiger partial charge in [-0.05, 0) is 90.3 Å². The molecule has 0 bridgehead atoms. The van der Waals surface area contributed by atoms with Crippen molar-refractivity contribution in [3.05, 3.63) is 339 Å². The van der Waals surface area contributed by atoms with Crippen LogP contribution in [-0.2, 0) is 0 Å². The summed E-state index contributed by atoms with van der Waals surface area (Å²) in [4.78, 5) is 0. The Labute approximate surface area is 510 Å². The summed E-state index contributed by atoms with van der Waals surface area (Å²) in [6.07, 6.45) is 16.1. The molecule has 0 amide bonds. The molecule has 0 fully saturated rings. The van der Waals surface area contributed by atoms with Crippen LogP contribution in [0, 0.1) is 0 Å². The fourth-order valence-electron chi connectivity index (χ4n) is 8.41. The number of hydrogen-bond donors (Lipinski definition) is 2. The zero-order chi connectivity index (χ0) is 60.9. The van der Waals surface area contributed by atoms with Gasteiger partial charge in [0.2, 0.25) is 13.4 Å². The Morgan fingerprint density at radius 1 is 0.362 bits per heavy atom. The SMILES string of the molecule is C=C/C(=C\C)B(/C(C=C)=C/C)c1ccccc1.C=C/C(=C\C)B(/C(C=C)=C/C)c1ccccc1.CC.[3H]P([3H])PS.[3H]PPS.c1ccc(P(c2ccccc2)c2ccccc2)cc1.c1ccc(P(c2ccccc2)c2ccccc2)cc1. The van der Waals surface area contributed by atoms with E-state index in [1.54, 1.807) is 0 Å². The van der Waals surface area contributed by atoms with Gasteiger partial charge in [-0.15, -0.1) is 17.7 Å². The molecule has 0 heterocycles. The highest BCUT2D eigenvalue weighted by molar-refractivity contribution is 8.56. The molecule has 0 nitrogen and oxygen atoms in total. The highest BCUT2D eigenvalue weighted by atomic mass is 32.8. The van der Waals surface area contributed by atoms with Crippen LogP contribution in [0.25, 0.3) is 0 Å². The summed E-state index contributed by atoms with van der Waals surface area (Å²) < 4.78 is 19.4. The van der Waals surface area contributed by atoms with Crippen molar-refractivity contribution < 1.29 is 0 Å². The van der Waals surface area contributed by atoms with Crippen molar-refractivity contribution in [1.82, 2.24) is 0 Å². The smallest absolute Gasteiger partial charge is 0.150 e. The number of rotatable bonds is 18. The quantitative estimate of drug-likeness (QED) is 0.0364. The third-order valence-electron chi connectivity index (χ3n) is 12.0. The van der Waals surface area contributed by atoms with Crippen LogP contribution in [0.1, 0.15) is 41.5 Å². The maximum Gasteiger partial charge on any atom is 0.240 e. The lowest BCUT2D eigenvalue weighted by Crippen LogP contribution is -2.33. The van der Waals surface area contributed by atoms with Crippen molar-refractivity contribution in [3.63, 3.8) is 0 Å². The maximum atomic E-state index is 6.49. The van der Waals surface area contributed by atoms with Crippen LogP contribution >= 0.6 is 73.0 Å². The zero-order valence-corrected chi connectivity index (χ0v) is 54.9. The summed E-state index contributed by atoms with van der Waals surface area (Å²) in [5.41, 5.74) is 7.39. The highest BCUT2D eigenvalue weighted by Crippen LogP contribution is 2.33.